The van der Waals surface area contributed by atoms with Crippen molar-refractivity contribution in [1.29, 1.82) is 0 Å². The monoisotopic (exact) mass is 421 g/mol. The molecule has 0 fully saturated rings. The van der Waals surface area contributed by atoms with Crippen molar-refractivity contribution in [2.45, 2.75) is 26.8 Å². The van der Waals surface area contributed by atoms with E-state index in [4.69, 9.17) is 33.3 Å². The molecule has 6 nitrogen and oxygen atoms in total. The fourth-order valence-electron chi connectivity index (χ4n) is 2.39. The molecule has 1 amide bonds. The van der Waals surface area contributed by atoms with Gasteiger partial charge in [0.15, 0.2) is 16.6 Å². The van der Waals surface area contributed by atoms with Crippen molar-refractivity contribution in [3.05, 3.63) is 58.6 Å². The van der Waals surface area contributed by atoms with E-state index >= 15 is 0 Å². The van der Waals surface area contributed by atoms with Crippen LogP contribution in [-0.2, 0) is 17.8 Å². The highest BCUT2D eigenvalue weighted by Gasteiger charge is 2.09. The van der Waals surface area contributed by atoms with Gasteiger partial charge >= 0.3 is 0 Å². The summed E-state index contributed by atoms with van der Waals surface area (Å²) in [5.74, 6) is 1.07. The molecule has 0 radical (unpaired) electrons. The molecule has 0 bridgehead atoms. The largest absolute Gasteiger partial charge is 0.490 e. The van der Waals surface area contributed by atoms with Gasteiger partial charge in [0.2, 0.25) is 5.91 Å². The second kappa shape index (κ2) is 11.4. The van der Waals surface area contributed by atoms with Crippen LogP contribution in [0.1, 0.15) is 25.0 Å². The zero-order valence-electron chi connectivity index (χ0n) is 15.9. The summed E-state index contributed by atoms with van der Waals surface area (Å²) in [7, 11) is 0. The van der Waals surface area contributed by atoms with Crippen LogP contribution >= 0.6 is 23.8 Å². The molecule has 0 aliphatic carbocycles. The Kier molecular flexibility index (Phi) is 8.84. The molecule has 28 heavy (non-hydrogen) atoms. The van der Waals surface area contributed by atoms with Gasteiger partial charge in [-0.05, 0) is 61.5 Å². The first-order chi connectivity index (χ1) is 13.5. The third-order valence-electron chi connectivity index (χ3n) is 3.65. The maximum absolute atomic E-state index is 12.2. The maximum atomic E-state index is 12.2. The van der Waals surface area contributed by atoms with Crippen LogP contribution in [0.2, 0.25) is 5.02 Å². The summed E-state index contributed by atoms with van der Waals surface area (Å²) in [6.45, 7) is 5.40. The Balaban J connectivity index is 1.80. The van der Waals surface area contributed by atoms with Crippen molar-refractivity contribution < 1.29 is 14.3 Å². The topological polar surface area (TPSA) is 71.6 Å². The number of amides is 1. The summed E-state index contributed by atoms with van der Waals surface area (Å²) >= 11 is 11.0. The molecule has 0 saturated carbocycles. The molecule has 0 atom stereocenters. The number of rotatable bonds is 8. The van der Waals surface area contributed by atoms with Crippen LogP contribution in [0.15, 0.2) is 42.5 Å². The number of carbonyl (C=O) groups is 1. The Labute approximate surface area is 175 Å². The lowest BCUT2D eigenvalue weighted by Gasteiger charge is -2.13. The third-order valence-corrected chi connectivity index (χ3v) is 4.15. The van der Waals surface area contributed by atoms with E-state index in [-0.39, 0.29) is 12.3 Å². The van der Waals surface area contributed by atoms with Gasteiger partial charge in [-0.15, -0.1) is 0 Å². The van der Waals surface area contributed by atoms with Gasteiger partial charge in [0.05, 0.1) is 19.6 Å². The first-order valence-electron chi connectivity index (χ1n) is 8.97. The lowest BCUT2D eigenvalue weighted by Crippen LogP contribution is -2.47. The average Bonchev–Trinajstić information content (AvgIpc) is 2.68. The minimum Gasteiger partial charge on any atom is -0.490 e. The molecule has 0 saturated heterocycles. The molecule has 2 aromatic carbocycles. The van der Waals surface area contributed by atoms with Crippen LogP contribution in [0.25, 0.3) is 0 Å². The van der Waals surface area contributed by atoms with E-state index in [1.165, 1.54) is 0 Å². The van der Waals surface area contributed by atoms with Crippen LogP contribution in [-0.4, -0.2) is 24.2 Å². The number of nitrogens with one attached hydrogen (secondary N) is 3. The normalized spacial score (nSPS) is 10.1. The average molecular weight is 422 g/mol. The number of carbonyl (C=O) groups excluding carboxylic acids is 1. The highest BCUT2D eigenvalue weighted by Crippen LogP contribution is 2.28. The third kappa shape index (κ3) is 7.25. The number of hydrogen-bond acceptors (Lipinski definition) is 4. The van der Waals surface area contributed by atoms with Gasteiger partial charge in [0, 0.05) is 11.6 Å². The van der Waals surface area contributed by atoms with Crippen molar-refractivity contribution >= 4 is 34.8 Å². The molecule has 0 aliphatic heterocycles. The molecule has 8 heteroatoms. The SMILES string of the molecule is CCOc1ccc(CC(=O)NNC(=S)NCc2ccc(Cl)cc2)cc1OCC. The molecule has 0 spiro atoms. The van der Waals surface area contributed by atoms with E-state index in [1.54, 1.807) is 0 Å². The minimum absolute atomic E-state index is 0.180. The van der Waals surface area contributed by atoms with Gasteiger partial charge in [-0.1, -0.05) is 29.8 Å². The summed E-state index contributed by atoms with van der Waals surface area (Å²) in [4.78, 5) is 12.2. The number of ether oxygens (including phenoxy) is 2. The standard InChI is InChI=1S/C20H24ClN3O3S/c1-3-26-17-10-7-15(11-18(17)27-4-2)12-19(25)23-24-20(28)22-13-14-5-8-16(21)9-6-14/h5-11H,3-4,12-13H2,1-2H3,(H,23,25)(H2,22,24,28). The summed E-state index contributed by atoms with van der Waals surface area (Å²) in [6.07, 6.45) is 0.180. The van der Waals surface area contributed by atoms with E-state index in [0.29, 0.717) is 41.4 Å². The molecular weight excluding hydrogens is 398 g/mol. The zero-order chi connectivity index (χ0) is 20.4. The lowest BCUT2D eigenvalue weighted by molar-refractivity contribution is -0.121. The Morgan fingerprint density at radius 1 is 0.964 bits per heavy atom. The Bertz CT molecular complexity index is 800. The lowest BCUT2D eigenvalue weighted by atomic mass is 10.1. The second-order valence-electron chi connectivity index (χ2n) is 5.81. The fourth-order valence-corrected chi connectivity index (χ4v) is 2.64. The van der Waals surface area contributed by atoms with Gasteiger partial charge in [0.1, 0.15) is 0 Å². The first-order valence-corrected chi connectivity index (χ1v) is 9.76. The summed E-state index contributed by atoms with van der Waals surface area (Å²) in [5, 5.41) is 4.01. The van der Waals surface area contributed by atoms with Crippen LogP contribution in [0.5, 0.6) is 11.5 Å². The van der Waals surface area contributed by atoms with Crippen LogP contribution in [0.4, 0.5) is 0 Å². The van der Waals surface area contributed by atoms with Crippen molar-refractivity contribution in [2.75, 3.05) is 13.2 Å². The Morgan fingerprint density at radius 2 is 1.61 bits per heavy atom. The first kappa shape index (κ1) is 21.8. The van der Waals surface area contributed by atoms with E-state index in [1.807, 2.05) is 56.3 Å². The predicted octanol–water partition coefficient (Wildman–Crippen LogP) is 3.38. The molecule has 0 aromatic heterocycles. The van der Waals surface area contributed by atoms with E-state index in [0.717, 1.165) is 11.1 Å². The number of benzene rings is 2. The maximum Gasteiger partial charge on any atom is 0.242 e. The van der Waals surface area contributed by atoms with Gasteiger partial charge < -0.3 is 14.8 Å². The van der Waals surface area contributed by atoms with Crippen LogP contribution in [0.3, 0.4) is 0 Å². The Morgan fingerprint density at radius 3 is 2.29 bits per heavy atom. The van der Waals surface area contributed by atoms with E-state index in [9.17, 15) is 4.79 Å². The number of thiocarbonyl (C=S) groups is 1. The molecule has 2 rings (SSSR count). The van der Waals surface area contributed by atoms with Crippen molar-refractivity contribution in [3.63, 3.8) is 0 Å². The second-order valence-corrected chi connectivity index (χ2v) is 6.65. The summed E-state index contributed by atoms with van der Waals surface area (Å²) in [5.41, 5.74) is 7.11. The van der Waals surface area contributed by atoms with Crippen molar-refractivity contribution in [3.8, 4) is 11.5 Å². The minimum atomic E-state index is -0.220. The molecule has 150 valence electrons. The Hall–Kier alpha value is -2.51. The molecule has 2 aromatic rings. The number of hydrogen-bond donors (Lipinski definition) is 3. The van der Waals surface area contributed by atoms with E-state index in [2.05, 4.69) is 16.2 Å². The quantitative estimate of drug-likeness (QED) is 0.448. The number of halogens is 1. The fraction of sp³-hybridized carbons (Fsp3) is 0.300. The molecule has 3 N–H and O–H groups in total. The number of hydrazine groups is 1. The molecule has 0 aliphatic rings. The van der Waals surface area contributed by atoms with Crippen LogP contribution in [0, 0.1) is 0 Å². The summed E-state index contributed by atoms with van der Waals surface area (Å²) in [6, 6.07) is 12.9. The highest BCUT2D eigenvalue weighted by molar-refractivity contribution is 7.80. The van der Waals surface area contributed by atoms with Gasteiger partial charge in [-0.3, -0.25) is 15.6 Å². The molecule has 0 heterocycles. The predicted molar refractivity (Wildman–Crippen MR) is 115 cm³/mol. The van der Waals surface area contributed by atoms with Gasteiger partial charge in [0.25, 0.3) is 0 Å². The molecule has 0 unspecified atom stereocenters. The molecular formula is C20H24ClN3O3S. The highest BCUT2D eigenvalue weighted by atomic mass is 35.5. The smallest absolute Gasteiger partial charge is 0.242 e. The van der Waals surface area contributed by atoms with Gasteiger partial charge in [-0.2, -0.15) is 0 Å². The van der Waals surface area contributed by atoms with E-state index < -0.39 is 0 Å². The van der Waals surface area contributed by atoms with Crippen LogP contribution < -0.4 is 25.6 Å². The van der Waals surface area contributed by atoms with Gasteiger partial charge in [-0.25, -0.2) is 0 Å². The summed E-state index contributed by atoms with van der Waals surface area (Å²) < 4.78 is 11.1. The van der Waals surface area contributed by atoms with Crippen molar-refractivity contribution in [2.24, 2.45) is 0 Å². The van der Waals surface area contributed by atoms with Crippen molar-refractivity contribution in [1.82, 2.24) is 16.2 Å². The zero-order valence-corrected chi connectivity index (χ0v) is 17.5.